The quantitative estimate of drug-likeness (QED) is 0.692. The monoisotopic (exact) mass is 445 g/mol. The first-order valence-corrected chi connectivity index (χ1v) is 11.6. The third kappa shape index (κ3) is 3.89. The Balaban J connectivity index is 1.28. The summed E-state index contributed by atoms with van der Waals surface area (Å²) in [6.45, 7) is 0.240. The lowest BCUT2D eigenvalue weighted by atomic mass is 10.0. The number of nitrogens with zero attached hydrogens (tertiary/aromatic N) is 3. The summed E-state index contributed by atoms with van der Waals surface area (Å²) in [5, 5.41) is 11.7. The van der Waals surface area contributed by atoms with Gasteiger partial charge in [0.25, 0.3) is 11.8 Å². The average molecular weight is 446 g/mol. The van der Waals surface area contributed by atoms with E-state index in [4.69, 9.17) is 4.99 Å². The Labute approximate surface area is 190 Å². The fraction of sp³-hybridized carbons (Fsp3) is 0.240. The van der Waals surface area contributed by atoms with Gasteiger partial charge in [0.05, 0.1) is 35.9 Å². The number of aliphatic hydroxyl groups is 1. The Kier molecular flexibility index (Phi) is 5.68. The van der Waals surface area contributed by atoms with Crippen molar-refractivity contribution in [2.24, 2.45) is 4.99 Å². The van der Waals surface area contributed by atoms with Crippen molar-refractivity contribution < 1.29 is 14.7 Å². The van der Waals surface area contributed by atoms with Crippen LogP contribution in [0.5, 0.6) is 0 Å². The summed E-state index contributed by atoms with van der Waals surface area (Å²) < 4.78 is 0. The van der Waals surface area contributed by atoms with E-state index in [0.717, 1.165) is 15.8 Å². The van der Waals surface area contributed by atoms with E-state index < -0.39 is 6.10 Å². The molecule has 162 valence electrons. The Morgan fingerprint density at radius 2 is 1.56 bits per heavy atom. The van der Waals surface area contributed by atoms with E-state index in [0.29, 0.717) is 11.1 Å². The molecule has 0 saturated carbocycles. The largest absolute Gasteiger partial charge is 0.389 e. The van der Waals surface area contributed by atoms with Crippen LogP contribution in [0.25, 0.3) is 0 Å². The summed E-state index contributed by atoms with van der Waals surface area (Å²) in [6, 6.07) is 17.0. The van der Waals surface area contributed by atoms with E-state index >= 15 is 0 Å². The van der Waals surface area contributed by atoms with Crippen LogP contribution in [-0.4, -0.2) is 63.2 Å². The van der Waals surface area contributed by atoms with Crippen molar-refractivity contribution >= 4 is 28.7 Å². The number of hydrogen-bond acceptors (Lipinski definition) is 6. The summed E-state index contributed by atoms with van der Waals surface area (Å²) >= 11 is 1.64. The zero-order valence-corrected chi connectivity index (χ0v) is 18.2. The highest BCUT2D eigenvalue weighted by Crippen LogP contribution is 2.30. The molecule has 0 radical (unpaired) electrons. The molecule has 0 spiro atoms. The third-order valence-electron chi connectivity index (χ3n) is 5.83. The van der Waals surface area contributed by atoms with Crippen molar-refractivity contribution in [1.29, 1.82) is 0 Å². The molecule has 2 aromatic rings. The van der Waals surface area contributed by atoms with Gasteiger partial charge in [-0.2, -0.15) is 0 Å². The molecule has 0 aromatic heterocycles. The molecule has 0 saturated heterocycles. The number of allylic oxidation sites excluding steroid dienone is 2. The summed E-state index contributed by atoms with van der Waals surface area (Å²) in [4.78, 5) is 33.4. The van der Waals surface area contributed by atoms with E-state index in [9.17, 15) is 14.7 Å². The Morgan fingerprint density at radius 1 is 0.906 bits per heavy atom. The normalized spacial score (nSPS) is 22.2. The van der Waals surface area contributed by atoms with Gasteiger partial charge in [-0.05, 0) is 17.7 Å². The molecule has 32 heavy (non-hydrogen) atoms. The van der Waals surface area contributed by atoms with Crippen molar-refractivity contribution in [3.05, 3.63) is 95.6 Å². The van der Waals surface area contributed by atoms with Gasteiger partial charge in [0.2, 0.25) is 0 Å². The van der Waals surface area contributed by atoms with Crippen molar-refractivity contribution in [1.82, 2.24) is 9.80 Å². The lowest BCUT2D eigenvalue weighted by Crippen LogP contribution is -2.46. The number of amidine groups is 1. The highest BCUT2D eigenvalue weighted by atomic mass is 32.2. The van der Waals surface area contributed by atoms with Crippen LogP contribution in [0.4, 0.5) is 0 Å². The zero-order chi connectivity index (χ0) is 22.1. The molecule has 1 N–H and O–H groups in total. The molecule has 3 atom stereocenters. The van der Waals surface area contributed by atoms with Crippen molar-refractivity contribution in [3.63, 3.8) is 0 Å². The zero-order valence-electron chi connectivity index (χ0n) is 17.4. The number of aliphatic imine (C=N–C) groups is 1. The number of β-amino-alcohol motifs (C(OH)–C–C–N with tert-alkyl or cyclic N) is 1. The Bertz CT molecular complexity index is 1090. The first kappa shape index (κ1) is 20.7. The predicted octanol–water partition coefficient (Wildman–Crippen LogP) is 3.11. The fourth-order valence-corrected chi connectivity index (χ4v) is 5.31. The highest BCUT2D eigenvalue weighted by molar-refractivity contribution is 8.13. The van der Waals surface area contributed by atoms with Gasteiger partial charge in [-0.3, -0.25) is 19.5 Å². The van der Waals surface area contributed by atoms with Crippen LogP contribution in [0.2, 0.25) is 0 Å². The topological polar surface area (TPSA) is 73.2 Å². The number of imide groups is 1. The maximum absolute atomic E-state index is 12.7. The maximum atomic E-state index is 12.7. The summed E-state index contributed by atoms with van der Waals surface area (Å²) in [7, 11) is 0. The molecule has 2 heterocycles. The van der Waals surface area contributed by atoms with Gasteiger partial charge in [-0.1, -0.05) is 78.5 Å². The number of benzene rings is 2. The van der Waals surface area contributed by atoms with Crippen LogP contribution < -0.4 is 0 Å². The first-order chi connectivity index (χ1) is 15.6. The lowest BCUT2D eigenvalue weighted by molar-refractivity contribution is 0.0509. The molecule has 0 unspecified atom stereocenters. The standard InChI is InChI=1S/C25H23N3O3S/c29-18(15-28-23(30)19-10-4-5-11-20(19)24(28)31)14-27-22-13-7-6-12-21(22)26-25(27)32-16-17-8-2-1-3-9-17/h1-13,18,21-22,29H,14-16H2/t18-,21+,22-/m1/s1. The molecular formula is C25H23N3O3S. The van der Waals surface area contributed by atoms with Gasteiger partial charge in [-0.25, -0.2) is 0 Å². The van der Waals surface area contributed by atoms with Gasteiger partial charge in [-0.15, -0.1) is 0 Å². The molecule has 3 aliphatic rings. The fourth-order valence-electron chi connectivity index (χ4n) is 4.26. The minimum Gasteiger partial charge on any atom is -0.389 e. The van der Waals surface area contributed by atoms with Crippen LogP contribution in [0.3, 0.4) is 0 Å². The molecule has 6 nitrogen and oxygen atoms in total. The summed E-state index contributed by atoms with van der Waals surface area (Å²) in [5.41, 5.74) is 1.99. The Hall–Kier alpha value is -3.16. The number of fused-ring (bicyclic) bond motifs is 2. The number of hydrogen-bond donors (Lipinski definition) is 1. The smallest absolute Gasteiger partial charge is 0.261 e. The molecule has 1 aliphatic carbocycles. The second-order valence-electron chi connectivity index (χ2n) is 8.01. The second-order valence-corrected chi connectivity index (χ2v) is 8.95. The second kappa shape index (κ2) is 8.76. The number of amides is 2. The van der Waals surface area contributed by atoms with E-state index in [1.54, 1.807) is 36.0 Å². The molecule has 2 aromatic carbocycles. The number of thioether (sulfide) groups is 1. The molecule has 2 aliphatic heterocycles. The van der Waals surface area contributed by atoms with Crippen LogP contribution in [0.1, 0.15) is 26.3 Å². The van der Waals surface area contributed by atoms with E-state index in [1.807, 2.05) is 30.4 Å². The van der Waals surface area contributed by atoms with E-state index in [-0.39, 0.29) is 37.0 Å². The summed E-state index contributed by atoms with van der Waals surface area (Å²) in [5.74, 6) is 0.0749. The Morgan fingerprint density at radius 3 is 2.28 bits per heavy atom. The van der Waals surface area contributed by atoms with Crippen LogP contribution in [0, 0.1) is 0 Å². The van der Waals surface area contributed by atoms with Gasteiger partial charge in [0.15, 0.2) is 5.17 Å². The van der Waals surface area contributed by atoms with Crippen LogP contribution >= 0.6 is 11.8 Å². The van der Waals surface area contributed by atoms with Gasteiger partial charge in [0.1, 0.15) is 0 Å². The first-order valence-electron chi connectivity index (χ1n) is 10.6. The number of aliphatic hydroxyl groups excluding tert-OH is 1. The molecule has 7 heteroatoms. The summed E-state index contributed by atoms with van der Waals surface area (Å²) in [6.07, 6.45) is 7.23. The van der Waals surface area contributed by atoms with Gasteiger partial charge < -0.3 is 10.0 Å². The highest BCUT2D eigenvalue weighted by Gasteiger charge is 2.39. The van der Waals surface area contributed by atoms with Crippen LogP contribution in [0.15, 0.2) is 83.9 Å². The minimum absolute atomic E-state index is 0.00442. The number of rotatable bonds is 6. The van der Waals surface area contributed by atoms with Crippen molar-refractivity contribution in [2.45, 2.75) is 23.9 Å². The SMILES string of the molecule is O=C1c2ccccc2C(=O)N1C[C@H](O)CN1C(SCc2ccccc2)=N[C@H]2C=CC=C[C@H]21. The van der Waals surface area contributed by atoms with E-state index in [1.165, 1.54) is 5.56 Å². The van der Waals surface area contributed by atoms with Crippen molar-refractivity contribution in [3.8, 4) is 0 Å². The molecule has 5 rings (SSSR count). The number of carbonyl (C=O) groups excluding carboxylic acids is 2. The molecular weight excluding hydrogens is 422 g/mol. The molecule has 0 bridgehead atoms. The number of carbonyl (C=O) groups is 2. The lowest BCUT2D eigenvalue weighted by Gasteiger charge is -2.31. The van der Waals surface area contributed by atoms with Crippen molar-refractivity contribution in [2.75, 3.05) is 13.1 Å². The van der Waals surface area contributed by atoms with Gasteiger partial charge >= 0.3 is 0 Å². The molecule has 2 amide bonds. The van der Waals surface area contributed by atoms with Gasteiger partial charge in [0, 0.05) is 12.3 Å². The molecule has 0 fully saturated rings. The predicted molar refractivity (Wildman–Crippen MR) is 126 cm³/mol. The van der Waals surface area contributed by atoms with Crippen LogP contribution in [-0.2, 0) is 5.75 Å². The minimum atomic E-state index is -0.891. The van der Waals surface area contributed by atoms with E-state index in [2.05, 4.69) is 29.2 Å². The maximum Gasteiger partial charge on any atom is 0.261 e. The third-order valence-corrected chi connectivity index (χ3v) is 6.91. The average Bonchev–Trinajstić information content (AvgIpc) is 3.29.